The summed E-state index contributed by atoms with van der Waals surface area (Å²) in [5.41, 5.74) is 2.56. The standard InChI is InChI=1S/C11H21N5OS/c1-9(10-13-5-7-18-10)8-15-11(16-12)14-4-3-6-17-2/h5,7,9H,3-4,6,8,12H2,1-2H3,(H2,14,15,16). The zero-order valence-electron chi connectivity index (χ0n) is 10.8. The van der Waals surface area contributed by atoms with Crippen molar-refractivity contribution in [1.29, 1.82) is 0 Å². The predicted octanol–water partition coefficient (Wildman–Crippen LogP) is 0.692. The average molecular weight is 271 g/mol. The van der Waals surface area contributed by atoms with Crippen molar-refractivity contribution in [3.8, 4) is 0 Å². The maximum absolute atomic E-state index is 5.40. The summed E-state index contributed by atoms with van der Waals surface area (Å²) in [6.07, 6.45) is 2.73. The zero-order chi connectivity index (χ0) is 13.2. The van der Waals surface area contributed by atoms with Crippen LogP contribution in [0.2, 0.25) is 0 Å². The van der Waals surface area contributed by atoms with Gasteiger partial charge in [-0.25, -0.2) is 10.8 Å². The minimum atomic E-state index is 0.300. The van der Waals surface area contributed by atoms with Gasteiger partial charge in [0.15, 0.2) is 0 Å². The van der Waals surface area contributed by atoms with Gasteiger partial charge in [0.2, 0.25) is 5.96 Å². The van der Waals surface area contributed by atoms with Crippen LogP contribution < -0.4 is 16.6 Å². The Labute approximate surface area is 112 Å². The maximum Gasteiger partial charge on any atom is 0.205 e. The fraction of sp³-hybridized carbons (Fsp3) is 0.636. The number of nitrogens with one attached hydrogen (secondary N) is 2. The van der Waals surface area contributed by atoms with Crippen LogP contribution in [0.1, 0.15) is 24.3 Å². The molecule has 1 rings (SSSR count). The van der Waals surface area contributed by atoms with Gasteiger partial charge in [-0.1, -0.05) is 6.92 Å². The summed E-state index contributed by atoms with van der Waals surface area (Å²) in [5.74, 6) is 6.31. The Balaban J connectivity index is 2.33. The van der Waals surface area contributed by atoms with E-state index in [0.717, 1.165) is 24.6 Å². The molecule has 0 saturated carbocycles. The monoisotopic (exact) mass is 271 g/mol. The summed E-state index contributed by atoms with van der Waals surface area (Å²) in [6.45, 7) is 4.26. The van der Waals surface area contributed by atoms with Crippen LogP contribution in [-0.2, 0) is 4.74 Å². The Kier molecular flexibility index (Phi) is 7.31. The smallest absolute Gasteiger partial charge is 0.205 e. The van der Waals surface area contributed by atoms with E-state index in [-0.39, 0.29) is 0 Å². The van der Waals surface area contributed by atoms with Crippen LogP contribution >= 0.6 is 11.3 Å². The molecule has 0 spiro atoms. The molecular formula is C11H21N5OS. The first-order valence-electron chi connectivity index (χ1n) is 5.91. The average Bonchev–Trinajstić information content (AvgIpc) is 2.91. The number of hydrogen-bond acceptors (Lipinski definition) is 5. The predicted molar refractivity (Wildman–Crippen MR) is 74.6 cm³/mol. The quantitative estimate of drug-likeness (QED) is 0.223. The summed E-state index contributed by atoms with van der Waals surface area (Å²) in [6, 6.07) is 0. The number of rotatable bonds is 7. The number of guanidine groups is 1. The molecule has 0 saturated heterocycles. The van der Waals surface area contributed by atoms with Gasteiger partial charge < -0.3 is 10.1 Å². The first-order valence-corrected chi connectivity index (χ1v) is 6.79. The van der Waals surface area contributed by atoms with Gasteiger partial charge in [-0.05, 0) is 6.42 Å². The van der Waals surface area contributed by atoms with Gasteiger partial charge in [0, 0.05) is 37.8 Å². The normalized spacial score (nSPS) is 13.4. The second kappa shape index (κ2) is 8.84. The van der Waals surface area contributed by atoms with E-state index in [4.69, 9.17) is 10.6 Å². The second-order valence-corrected chi connectivity index (χ2v) is 4.80. The molecule has 1 unspecified atom stereocenters. The van der Waals surface area contributed by atoms with Crippen LogP contribution in [-0.4, -0.2) is 37.7 Å². The third-order valence-corrected chi connectivity index (χ3v) is 3.36. The van der Waals surface area contributed by atoms with E-state index in [2.05, 4.69) is 27.6 Å². The van der Waals surface area contributed by atoms with Gasteiger partial charge >= 0.3 is 0 Å². The van der Waals surface area contributed by atoms with Crippen molar-refractivity contribution >= 4 is 17.3 Å². The largest absolute Gasteiger partial charge is 0.385 e. The van der Waals surface area contributed by atoms with Gasteiger partial charge in [0.1, 0.15) is 0 Å². The number of hydrazine groups is 1. The van der Waals surface area contributed by atoms with Crippen LogP contribution in [0.4, 0.5) is 0 Å². The maximum atomic E-state index is 5.40. The molecule has 0 aliphatic carbocycles. The van der Waals surface area contributed by atoms with E-state index < -0.39 is 0 Å². The van der Waals surface area contributed by atoms with Crippen molar-refractivity contribution in [2.45, 2.75) is 19.3 Å². The summed E-state index contributed by atoms with van der Waals surface area (Å²) < 4.78 is 4.97. The highest BCUT2D eigenvalue weighted by Crippen LogP contribution is 2.17. The third-order valence-electron chi connectivity index (χ3n) is 2.35. The molecule has 0 bridgehead atoms. The molecule has 1 aromatic rings. The van der Waals surface area contributed by atoms with Crippen molar-refractivity contribution in [2.24, 2.45) is 10.8 Å². The number of thiazole rings is 1. The molecule has 18 heavy (non-hydrogen) atoms. The van der Waals surface area contributed by atoms with Crippen LogP contribution in [0.5, 0.6) is 0 Å². The molecule has 0 aliphatic heterocycles. The fourth-order valence-corrected chi connectivity index (χ4v) is 2.05. The van der Waals surface area contributed by atoms with Gasteiger partial charge in [-0.15, -0.1) is 11.3 Å². The summed E-state index contributed by atoms with van der Waals surface area (Å²) >= 11 is 1.65. The van der Waals surface area contributed by atoms with Crippen molar-refractivity contribution in [2.75, 3.05) is 26.8 Å². The van der Waals surface area contributed by atoms with E-state index in [1.54, 1.807) is 18.4 Å². The van der Waals surface area contributed by atoms with E-state index >= 15 is 0 Å². The Morgan fingerprint density at radius 3 is 3.11 bits per heavy atom. The molecule has 7 heteroatoms. The van der Waals surface area contributed by atoms with Gasteiger partial charge in [-0.2, -0.15) is 0 Å². The highest BCUT2D eigenvalue weighted by molar-refractivity contribution is 7.09. The molecule has 102 valence electrons. The highest BCUT2D eigenvalue weighted by Gasteiger charge is 2.07. The topological polar surface area (TPSA) is 84.6 Å². The van der Waals surface area contributed by atoms with Crippen LogP contribution in [0.3, 0.4) is 0 Å². The van der Waals surface area contributed by atoms with Crippen molar-refractivity contribution in [3.63, 3.8) is 0 Å². The number of methoxy groups -OCH3 is 1. The lowest BCUT2D eigenvalue weighted by Crippen LogP contribution is -2.42. The lowest BCUT2D eigenvalue weighted by atomic mass is 10.2. The number of nitrogens with zero attached hydrogens (tertiary/aromatic N) is 2. The van der Waals surface area contributed by atoms with Crippen molar-refractivity contribution < 1.29 is 4.74 Å². The molecule has 6 nitrogen and oxygen atoms in total. The van der Waals surface area contributed by atoms with E-state index in [0.29, 0.717) is 18.4 Å². The molecule has 1 aromatic heterocycles. The lowest BCUT2D eigenvalue weighted by Gasteiger charge is -2.10. The molecule has 1 atom stereocenters. The van der Waals surface area contributed by atoms with E-state index in [1.165, 1.54) is 0 Å². The second-order valence-electron chi connectivity index (χ2n) is 3.88. The minimum Gasteiger partial charge on any atom is -0.385 e. The van der Waals surface area contributed by atoms with Crippen molar-refractivity contribution in [3.05, 3.63) is 16.6 Å². The fourth-order valence-electron chi connectivity index (χ4n) is 1.36. The first kappa shape index (κ1) is 14.9. The Morgan fingerprint density at radius 1 is 1.67 bits per heavy atom. The Bertz CT molecular complexity index is 341. The molecule has 0 radical (unpaired) electrons. The molecule has 1 heterocycles. The molecule has 0 amide bonds. The van der Waals surface area contributed by atoms with Gasteiger partial charge in [0.05, 0.1) is 11.6 Å². The van der Waals surface area contributed by atoms with Gasteiger partial charge in [0.25, 0.3) is 0 Å². The minimum absolute atomic E-state index is 0.300. The lowest BCUT2D eigenvalue weighted by molar-refractivity contribution is 0.195. The summed E-state index contributed by atoms with van der Waals surface area (Å²) in [5, 5.41) is 6.19. The number of ether oxygens (including phenoxy) is 1. The first-order chi connectivity index (χ1) is 8.77. The zero-order valence-corrected chi connectivity index (χ0v) is 11.7. The molecular weight excluding hydrogens is 250 g/mol. The van der Waals surface area contributed by atoms with E-state index in [9.17, 15) is 0 Å². The SMILES string of the molecule is COCCCNC(=NCC(C)c1nccs1)NN. The van der Waals surface area contributed by atoms with Crippen LogP contribution in [0.25, 0.3) is 0 Å². The van der Waals surface area contributed by atoms with Gasteiger partial charge in [-0.3, -0.25) is 10.4 Å². The summed E-state index contributed by atoms with van der Waals surface area (Å²) in [7, 11) is 1.69. The number of aromatic nitrogens is 1. The number of aliphatic imine (C=N–C) groups is 1. The molecule has 4 N–H and O–H groups in total. The molecule has 0 aliphatic rings. The van der Waals surface area contributed by atoms with Crippen molar-refractivity contribution in [1.82, 2.24) is 15.7 Å². The molecule has 0 fully saturated rings. The Morgan fingerprint density at radius 2 is 2.50 bits per heavy atom. The number of hydrogen-bond donors (Lipinski definition) is 3. The number of nitrogens with two attached hydrogens (primary N) is 1. The van der Waals surface area contributed by atoms with E-state index in [1.807, 2.05) is 11.6 Å². The Hall–Kier alpha value is -1.18. The highest BCUT2D eigenvalue weighted by atomic mass is 32.1. The van der Waals surface area contributed by atoms with Crippen LogP contribution in [0.15, 0.2) is 16.6 Å². The third kappa shape index (κ3) is 5.44. The van der Waals surface area contributed by atoms with Crippen LogP contribution in [0, 0.1) is 0 Å². The summed E-state index contributed by atoms with van der Waals surface area (Å²) in [4.78, 5) is 8.66. The molecule has 0 aromatic carbocycles.